The van der Waals surface area contributed by atoms with E-state index in [4.69, 9.17) is 16.3 Å². The second kappa shape index (κ2) is 5.27. The van der Waals surface area contributed by atoms with Crippen molar-refractivity contribution >= 4 is 28.8 Å². The number of amides is 1. The molecule has 2 atom stereocenters. The Kier molecular flexibility index (Phi) is 3.94. The van der Waals surface area contributed by atoms with E-state index < -0.39 is 0 Å². The smallest absolute Gasteiger partial charge is 0.264 e. The van der Waals surface area contributed by atoms with Crippen molar-refractivity contribution in [3.8, 4) is 5.75 Å². The summed E-state index contributed by atoms with van der Waals surface area (Å²) in [5.41, 5.74) is 0. The molecule has 1 aliphatic rings. The lowest BCUT2D eigenvalue weighted by Crippen LogP contribution is -2.43. The van der Waals surface area contributed by atoms with E-state index in [0.29, 0.717) is 5.92 Å². The molecule has 1 amide bonds. The summed E-state index contributed by atoms with van der Waals surface area (Å²) in [7, 11) is 1.61. The number of rotatable bonds is 2. The maximum atomic E-state index is 12.2. The van der Waals surface area contributed by atoms with E-state index in [1.165, 1.54) is 11.3 Å². The lowest BCUT2D eigenvalue weighted by Gasteiger charge is -2.33. The Hall–Kier alpha value is -0.740. The van der Waals surface area contributed by atoms with E-state index in [0.717, 1.165) is 30.1 Å². The van der Waals surface area contributed by atoms with Crippen molar-refractivity contribution < 1.29 is 9.53 Å². The van der Waals surface area contributed by atoms with Crippen molar-refractivity contribution in [3.63, 3.8) is 0 Å². The standard InChI is InChI=1S/C12H16ClNO2S/c1-8-6-14(4-3-10(8)13)12(15)11-5-9(16-2)7-17-11/h5,7-8,10H,3-4,6H2,1-2H3. The van der Waals surface area contributed by atoms with E-state index in [-0.39, 0.29) is 11.3 Å². The fourth-order valence-electron chi connectivity index (χ4n) is 2.00. The van der Waals surface area contributed by atoms with Crippen molar-refractivity contribution in [1.82, 2.24) is 4.90 Å². The van der Waals surface area contributed by atoms with Crippen LogP contribution < -0.4 is 4.74 Å². The average molecular weight is 274 g/mol. The summed E-state index contributed by atoms with van der Waals surface area (Å²) < 4.78 is 5.09. The van der Waals surface area contributed by atoms with Crippen LogP contribution in [0.3, 0.4) is 0 Å². The molecule has 1 aliphatic heterocycles. The molecule has 1 saturated heterocycles. The molecule has 94 valence electrons. The summed E-state index contributed by atoms with van der Waals surface area (Å²) in [5.74, 6) is 1.20. The number of thiophene rings is 1. The molecule has 2 heterocycles. The highest BCUT2D eigenvalue weighted by atomic mass is 35.5. The van der Waals surface area contributed by atoms with Crippen LogP contribution in [0, 0.1) is 5.92 Å². The second-order valence-electron chi connectivity index (χ2n) is 4.38. The number of ether oxygens (including phenoxy) is 1. The Morgan fingerprint density at radius 1 is 1.65 bits per heavy atom. The third-order valence-electron chi connectivity index (χ3n) is 3.11. The molecule has 1 aromatic rings. The Bertz CT molecular complexity index is 407. The topological polar surface area (TPSA) is 29.5 Å². The van der Waals surface area contributed by atoms with Gasteiger partial charge in [0.15, 0.2) is 0 Å². The van der Waals surface area contributed by atoms with Gasteiger partial charge in [-0.15, -0.1) is 22.9 Å². The Labute approximate surface area is 110 Å². The van der Waals surface area contributed by atoms with Gasteiger partial charge >= 0.3 is 0 Å². The molecule has 1 fully saturated rings. The zero-order chi connectivity index (χ0) is 12.4. The molecule has 0 radical (unpaired) electrons. The number of hydrogen-bond acceptors (Lipinski definition) is 3. The highest BCUT2D eigenvalue weighted by Crippen LogP contribution is 2.26. The van der Waals surface area contributed by atoms with Crippen LogP contribution in [0.5, 0.6) is 5.75 Å². The number of hydrogen-bond donors (Lipinski definition) is 0. The molecule has 0 saturated carbocycles. The molecule has 3 nitrogen and oxygen atoms in total. The quantitative estimate of drug-likeness (QED) is 0.776. The molecule has 5 heteroatoms. The first-order valence-corrected chi connectivity index (χ1v) is 6.99. The van der Waals surface area contributed by atoms with Gasteiger partial charge in [-0.3, -0.25) is 4.79 Å². The SMILES string of the molecule is COc1csc(C(=O)N2CCC(Cl)C(C)C2)c1. The Balaban J connectivity index is 2.05. The summed E-state index contributed by atoms with van der Waals surface area (Å²) in [5, 5.41) is 2.04. The van der Waals surface area contributed by atoms with Gasteiger partial charge in [0.1, 0.15) is 5.75 Å². The fraction of sp³-hybridized carbons (Fsp3) is 0.583. The predicted molar refractivity (Wildman–Crippen MR) is 70.2 cm³/mol. The molecule has 0 N–H and O–H groups in total. The van der Waals surface area contributed by atoms with Gasteiger partial charge in [-0.25, -0.2) is 0 Å². The van der Waals surface area contributed by atoms with E-state index in [9.17, 15) is 4.79 Å². The minimum absolute atomic E-state index is 0.0914. The van der Waals surface area contributed by atoms with Gasteiger partial charge in [-0.1, -0.05) is 6.92 Å². The van der Waals surface area contributed by atoms with Crippen molar-refractivity contribution in [2.45, 2.75) is 18.7 Å². The maximum absolute atomic E-state index is 12.2. The maximum Gasteiger partial charge on any atom is 0.264 e. The van der Waals surface area contributed by atoms with Gasteiger partial charge in [-0.05, 0) is 12.3 Å². The molecule has 0 spiro atoms. The van der Waals surface area contributed by atoms with E-state index >= 15 is 0 Å². The number of nitrogens with zero attached hydrogens (tertiary/aromatic N) is 1. The van der Waals surface area contributed by atoms with Crippen LogP contribution in [-0.2, 0) is 0 Å². The highest BCUT2D eigenvalue weighted by Gasteiger charge is 2.28. The van der Waals surface area contributed by atoms with E-state index in [1.807, 2.05) is 10.3 Å². The van der Waals surface area contributed by atoms with E-state index in [1.54, 1.807) is 13.2 Å². The van der Waals surface area contributed by atoms with Gasteiger partial charge in [0.2, 0.25) is 0 Å². The number of carbonyl (C=O) groups excluding carboxylic acids is 1. The molecule has 0 aromatic carbocycles. The minimum atomic E-state index is 0.0914. The molecular weight excluding hydrogens is 258 g/mol. The molecule has 2 unspecified atom stereocenters. The summed E-state index contributed by atoms with van der Waals surface area (Å²) in [4.78, 5) is 14.8. The first-order valence-electron chi connectivity index (χ1n) is 5.67. The molecule has 1 aromatic heterocycles. The van der Waals surface area contributed by atoms with Crippen LogP contribution in [0.25, 0.3) is 0 Å². The second-order valence-corrected chi connectivity index (χ2v) is 5.86. The fourth-order valence-corrected chi connectivity index (χ4v) is 2.99. The number of methoxy groups -OCH3 is 1. The summed E-state index contributed by atoms with van der Waals surface area (Å²) in [6.45, 7) is 3.58. The number of halogens is 1. The van der Waals surface area contributed by atoms with Crippen LogP contribution in [-0.4, -0.2) is 36.4 Å². The number of carbonyl (C=O) groups is 1. The van der Waals surface area contributed by atoms with Crippen LogP contribution in [0.15, 0.2) is 11.4 Å². The van der Waals surface area contributed by atoms with Crippen LogP contribution in [0.2, 0.25) is 0 Å². The van der Waals surface area contributed by atoms with Crippen LogP contribution in [0.1, 0.15) is 23.0 Å². The largest absolute Gasteiger partial charge is 0.496 e. The summed E-state index contributed by atoms with van der Waals surface area (Å²) in [6.07, 6.45) is 0.872. The number of piperidine rings is 1. The van der Waals surface area contributed by atoms with Crippen molar-refractivity contribution in [2.24, 2.45) is 5.92 Å². The normalized spacial score (nSPS) is 24.8. The minimum Gasteiger partial charge on any atom is -0.496 e. The van der Waals surface area contributed by atoms with Crippen LogP contribution in [0.4, 0.5) is 0 Å². The zero-order valence-corrected chi connectivity index (χ0v) is 11.6. The molecule has 17 heavy (non-hydrogen) atoms. The lowest BCUT2D eigenvalue weighted by atomic mass is 9.99. The predicted octanol–water partition coefficient (Wildman–Crippen LogP) is 2.85. The van der Waals surface area contributed by atoms with Gasteiger partial charge in [-0.2, -0.15) is 0 Å². The van der Waals surface area contributed by atoms with Gasteiger partial charge < -0.3 is 9.64 Å². The van der Waals surface area contributed by atoms with Crippen molar-refractivity contribution in [3.05, 3.63) is 16.3 Å². The first kappa shape index (κ1) is 12.7. The number of likely N-dealkylation sites (tertiary alicyclic amines) is 1. The molecule has 0 bridgehead atoms. The van der Waals surface area contributed by atoms with Gasteiger partial charge in [0.05, 0.1) is 12.0 Å². The van der Waals surface area contributed by atoms with Crippen molar-refractivity contribution in [1.29, 1.82) is 0 Å². The number of alkyl halides is 1. The van der Waals surface area contributed by atoms with Gasteiger partial charge in [0.25, 0.3) is 5.91 Å². The highest BCUT2D eigenvalue weighted by molar-refractivity contribution is 7.12. The molecular formula is C12H16ClNO2S. The monoisotopic (exact) mass is 273 g/mol. The zero-order valence-electron chi connectivity index (χ0n) is 9.98. The summed E-state index contributed by atoms with van der Waals surface area (Å²) in [6, 6.07) is 1.80. The molecule has 2 rings (SSSR count). The lowest BCUT2D eigenvalue weighted by molar-refractivity contribution is 0.0691. The first-order chi connectivity index (χ1) is 8.11. The Morgan fingerprint density at radius 2 is 2.41 bits per heavy atom. The summed E-state index contributed by atoms with van der Waals surface area (Å²) >= 11 is 7.58. The van der Waals surface area contributed by atoms with Crippen LogP contribution >= 0.6 is 22.9 Å². The van der Waals surface area contributed by atoms with E-state index in [2.05, 4.69) is 6.92 Å². The average Bonchev–Trinajstić information content (AvgIpc) is 2.80. The van der Waals surface area contributed by atoms with Gasteiger partial charge in [0, 0.05) is 29.9 Å². The third kappa shape index (κ3) is 2.75. The van der Waals surface area contributed by atoms with Crippen molar-refractivity contribution in [2.75, 3.05) is 20.2 Å². The third-order valence-corrected chi connectivity index (χ3v) is 4.65. The Morgan fingerprint density at radius 3 is 3.00 bits per heavy atom. The molecule has 0 aliphatic carbocycles.